The molecule has 0 fully saturated rings. The molecule has 0 radical (unpaired) electrons. The zero-order valence-electron chi connectivity index (χ0n) is 11.5. The summed E-state index contributed by atoms with van der Waals surface area (Å²) in [4.78, 5) is 12.0. The zero-order valence-corrected chi connectivity index (χ0v) is 12.3. The predicted molar refractivity (Wildman–Crippen MR) is 84.7 cm³/mol. The molecule has 0 saturated heterocycles. The number of amides is 2. The van der Waals surface area contributed by atoms with E-state index in [4.69, 9.17) is 11.6 Å². The molecule has 0 atom stereocenters. The Morgan fingerprint density at radius 3 is 2.55 bits per heavy atom. The molecule has 3 nitrogen and oxygen atoms in total. The monoisotopic (exact) mass is 288 g/mol. The van der Waals surface area contributed by atoms with Gasteiger partial charge in [-0.05, 0) is 42.7 Å². The molecule has 0 heterocycles. The third kappa shape index (κ3) is 3.52. The third-order valence-corrected chi connectivity index (χ3v) is 3.33. The molecule has 0 bridgehead atoms. The van der Waals surface area contributed by atoms with Gasteiger partial charge in [-0.15, -0.1) is 0 Å². The van der Waals surface area contributed by atoms with Gasteiger partial charge < -0.3 is 10.6 Å². The number of nitrogens with one attached hydrogen (secondary N) is 2. The van der Waals surface area contributed by atoms with E-state index in [2.05, 4.69) is 17.6 Å². The van der Waals surface area contributed by atoms with E-state index >= 15 is 0 Å². The number of urea groups is 1. The number of para-hydroxylation sites is 1. The van der Waals surface area contributed by atoms with Crippen molar-refractivity contribution in [2.45, 2.75) is 20.3 Å². The van der Waals surface area contributed by atoms with E-state index in [1.165, 1.54) is 0 Å². The van der Waals surface area contributed by atoms with Crippen molar-refractivity contribution in [3.8, 4) is 0 Å². The van der Waals surface area contributed by atoms with Gasteiger partial charge in [0.15, 0.2) is 0 Å². The number of halogens is 1. The molecule has 0 unspecified atom stereocenters. The second-order valence-electron chi connectivity index (χ2n) is 4.55. The molecule has 0 aromatic heterocycles. The Labute approximate surface area is 124 Å². The first-order valence-corrected chi connectivity index (χ1v) is 6.90. The van der Waals surface area contributed by atoms with Gasteiger partial charge in [0.1, 0.15) is 0 Å². The molecule has 0 saturated carbocycles. The molecule has 0 aliphatic rings. The number of hydrogen-bond donors (Lipinski definition) is 2. The molecule has 0 aliphatic carbocycles. The molecule has 4 heteroatoms. The Kier molecular flexibility index (Phi) is 4.64. The Morgan fingerprint density at radius 2 is 1.80 bits per heavy atom. The molecule has 0 aliphatic heterocycles. The summed E-state index contributed by atoms with van der Waals surface area (Å²) in [7, 11) is 0. The van der Waals surface area contributed by atoms with E-state index in [0.29, 0.717) is 10.7 Å². The fourth-order valence-electron chi connectivity index (χ4n) is 1.96. The van der Waals surface area contributed by atoms with Crippen LogP contribution in [0.3, 0.4) is 0 Å². The minimum Gasteiger partial charge on any atom is -0.307 e. The topological polar surface area (TPSA) is 41.1 Å². The lowest BCUT2D eigenvalue weighted by atomic mass is 10.1. The van der Waals surface area contributed by atoms with Crippen molar-refractivity contribution in [2.24, 2.45) is 0 Å². The van der Waals surface area contributed by atoms with Crippen LogP contribution in [0.4, 0.5) is 16.2 Å². The van der Waals surface area contributed by atoms with Crippen LogP contribution in [0, 0.1) is 6.92 Å². The van der Waals surface area contributed by atoms with Crippen LogP contribution in [0.15, 0.2) is 42.5 Å². The van der Waals surface area contributed by atoms with E-state index in [0.717, 1.165) is 23.2 Å². The summed E-state index contributed by atoms with van der Waals surface area (Å²) >= 11 is 5.94. The summed E-state index contributed by atoms with van der Waals surface area (Å²) in [6.45, 7) is 3.98. The summed E-state index contributed by atoms with van der Waals surface area (Å²) in [5.74, 6) is 0. The maximum atomic E-state index is 12.0. The van der Waals surface area contributed by atoms with Gasteiger partial charge in [-0.2, -0.15) is 0 Å². The maximum absolute atomic E-state index is 12.0. The highest BCUT2D eigenvalue weighted by Crippen LogP contribution is 2.21. The number of carbonyl (C=O) groups is 1. The quantitative estimate of drug-likeness (QED) is 0.832. The summed E-state index contributed by atoms with van der Waals surface area (Å²) in [5, 5.41) is 6.28. The van der Waals surface area contributed by atoms with Gasteiger partial charge in [-0.25, -0.2) is 4.79 Å². The van der Waals surface area contributed by atoms with Gasteiger partial charge in [0.2, 0.25) is 0 Å². The highest BCUT2D eigenvalue weighted by molar-refractivity contribution is 6.31. The summed E-state index contributed by atoms with van der Waals surface area (Å²) < 4.78 is 0. The van der Waals surface area contributed by atoms with E-state index in [1.54, 1.807) is 12.1 Å². The molecular formula is C16H17ClN2O. The van der Waals surface area contributed by atoms with Crippen molar-refractivity contribution < 1.29 is 4.79 Å². The van der Waals surface area contributed by atoms with Crippen LogP contribution >= 0.6 is 11.6 Å². The molecule has 104 valence electrons. The van der Waals surface area contributed by atoms with Crippen LogP contribution in [0.25, 0.3) is 0 Å². The van der Waals surface area contributed by atoms with E-state index in [-0.39, 0.29) is 6.03 Å². The van der Waals surface area contributed by atoms with Crippen molar-refractivity contribution in [2.75, 3.05) is 10.6 Å². The first-order valence-electron chi connectivity index (χ1n) is 6.52. The smallest absolute Gasteiger partial charge is 0.307 e. The van der Waals surface area contributed by atoms with Crippen molar-refractivity contribution in [3.63, 3.8) is 0 Å². The number of carbonyl (C=O) groups excluding carboxylic acids is 1. The van der Waals surface area contributed by atoms with E-state index < -0.39 is 0 Å². The largest absolute Gasteiger partial charge is 0.323 e. The van der Waals surface area contributed by atoms with Crippen molar-refractivity contribution in [3.05, 3.63) is 58.6 Å². The third-order valence-electron chi connectivity index (χ3n) is 3.09. The Hall–Kier alpha value is -2.00. The molecule has 2 rings (SSSR count). The number of aryl methyl sites for hydroxylation is 2. The van der Waals surface area contributed by atoms with Gasteiger partial charge in [-0.3, -0.25) is 0 Å². The van der Waals surface area contributed by atoms with Crippen LogP contribution in [0.5, 0.6) is 0 Å². The molecule has 2 amide bonds. The molecule has 2 N–H and O–H groups in total. The minimum atomic E-state index is -0.267. The maximum Gasteiger partial charge on any atom is 0.323 e. The number of benzene rings is 2. The Balaban J connectivity index is 2.11. The molecule has 20 heavy (non-hydrogen) atoms. The van der Waals surface area contributed by atoms with Gasteiger partial charge in [0.25, 0.3) is 0 Å². The standard InChI is InChI=1S/C16H17ClN2O/c1-3-12-6-4-5-7-14(12)18-16(20)19-15-10-13(17)9-8-11(15)2/h4-10H,3H2,1-2H3,(H2,18,19,20). The first kappa shape index (κ1) is 14.4. The lowest BCUT2D eigenvalue weighted by Gasteiger charge is -2.12. The summed E-state index contributed by atoms with van der Waals surface area (Å²) in [6, 6.07) is 12.9. The Morgan fingerprint density at radius 1 is 1.10 bits per heavy atom. The fourth-order valence-corrected chi connectivity index (χ4v) is 2.13. The van der Waals surface area contributed by atoms with Crippen LogP contribution in [-0.2, 0) is 6.42 Å². The number of hydrogen-bond acceptors (Lipinski definition) is 1. The van der Waals surface area contributed by atoms with Crippen molar-refractivity contribution in [1.29, 1.82) is 0 Å². The molecule has 0 spiro atoms. The lowest BCUT2D eigenvalue weighted by molar-refractivity contribution is 0.262. The second-order valence-corrected chi connectivity index (χ2v) is 4.99. The molecule has 2 aromatic carbocycles. The van der Waals surface area contributed by atoms with E-state index in [9.17, 15) is 4.79 Å². The molecule has 2 aromatic rings. The van der Waals surface area contributed by atoms with Crippen LogP contribution in [0.1, 0.15) is 18.1 Å². The lowest BCUT2D eigenvalue weighted by Crippen LogP contribution is -2.20. The number of anilines is 2. The highest BCUT2D eigenvalue weighted by Gasteiger charge is 2.07. The van der Waals surface area contributed by atoms with Crippen molar-refractivity contribution in [1.82, 2.24) is 0 Å². The summed E-state index contributed by atoms with van der Waals surface area (Å²) in [5.41, 5.74) is 3.61. The fraction of sp³-hybridized carbons (Fsp3) is 0.188. The summed E-state index contributed by atoms with van der Waals surface area (Å²) in [6.07, 6.45) is 0.868. The van der Waals surface area contributed by atoms with Gasteiger partial charge >= 0.3 is 6.03 Å². The zero-order chi connectivity index (χ0) is 14.5. The highest BCUT2D eigenvalue weighted by atomic mass is 35.5. The SMILES string of the molecule is CCc1ccccc1NC(=O)Nc1cc(Cl)ccc1C. The average Bonchev–Trinajstić information content (AvgIpc) is 2.43. The van der Waals surface area contributed by atoms with Gasteiger partial charge in [0.05, 0.1) is 0 Å². The number of rotatable bonds is 3. The normalized spacial score (nSPS) is 10.2. The van der Waals surface area contributed by atoms with Gasteiger partial charge in [0, 0.05) is 16.4 Å². The molecular weight excluding hydrogens is 272 g/mol. The Bertz CT molecular complexity index is 626. The first-order chi connectivity index (χ1) is 9.60. The second kappa shape index (κ2) is 6.44. The van der Waals surface area contributed by atoms with Gasteiger partial charge in [-0.1, -0.05) is 42.8 Å². The van der Waals surface area contributed by atoms with Crippen LogP contribution in [0.2, 0.25) is 5.02 Å². The average molecular weight is 289 g/mol. The van der Waals surface area contributed by atoms with Crippen LogP contribution < -0.4 is 10.6 Å². The van der Waals surface area contributed by atoms with Crippen LogP contribution in [-0.4, -0.2) is 6.03 Å². The minimum absolute atomic E-state index is 0.267. The van der Waals surface area contributed by atoms with Crippen molar-refractivity contribution >= 4 is 29.0 Å². The van der Waals surface area contributed by atoms with E-state index in [1.807, 2.05) is 37.3 Å². The predicted octanol–water partition coefficient (Wildman–Crippen LogP) is 4.85.